The van der Waals surface area contributed by atoms with Crippen LogP contribution >= 0.6 is 0 Å². The number of aryl methyl sites for hydroxylation is 4. The number of aromatic nitrogens is 9. The van der Waals surface area contributed by atoms with E-state index in [0.29, 0.717) is 23.3 Å². The Bertz CT molecular complexity index is 3400. The number of benzene rings is 7. The van der Waals surface area contributed by atoms with Gasteiger partial charge in [0.05, 0.1) is 76.5 Å². The third kappa shape index (κ3) is 7.47. The van der Waals surface area contributed by atoms with E-state index in [1.807, 2.05) is 37.1 Å². The van der Waals surface area contributed by atoms with Crippen molar-refractivity contribution in [1.29, 1.82) is 0 Å². The first kappa shape index (κ1) is 43.5. The first-order chi connectivity index (χ1) is 35.4. The predicted octanol–water partition coefficient (Wildman–Crippen LogP) is 14.3. The Labute approximate surface area is 415 Å². The van der Waals surface area contributed by atoms with Crippen LogP contribution < -0.4 is 19.6 Å². The van der Waals surface area contributed by atoms with Gasteiger partial charge in [-0.1, -0.05) is 78.9 Å². The van der Waals surface area contributed by atoms with E-state index in [1.165, 1.54) is 0 Å². The van der Waals surface area contributed by atoms with Crippen LogP contribution in [0.5, 0.6) is 0 Å². The highest BCUT2D eigenvalue weighted by molar-refractivity contribution is 6.33. The first-order valence-corrected chi connectivity index (χ1v) is 23.5. The molecule has 0 spiro atoms. The van der Waals surface area contributed by atoms with Gasteiger partial charge >= 0.3 is 0 Å². The van der Waals surface area contributed by atoms with Gasteiger partial charge in [-0.3, -0.25) is 44.5 Å². The lowest BCUT2D eigenvalue weighted by molar-refractivity contribution is 1.10. The van der Waals surface area contributed by atoms with Gasteiger partial charge in [-0.25, -0.2) is 19.9 Å². The lowest BCUT2D eigenvalue weighted by atomic mass is 9.89. The zero-order valence-corrected chi connectivity index (χ0v) is 39.9. The largest absolute Gasteiger partial charge is 0.293 e. The Morgan fingerprint density at radius 3 is 0.847 bits per heavy atom. The van der Waals surface area contributed by atoms with Crippen molar-refractivity contribution < 1.29 is 0 Å². The summed E-state index contributed by atoms with van der Waals surface area (Å²) in [5.74, 6) is 2.59. The Hall–Kier alpha value is -9.75. The average Bonchev–Trinajstić information content (AvgIpc) is 3.42. The van der Waals surface area contributed by atoms with Gasteiger partial charge in [0.1, 0.15) is 0 Å². The SMILES string of the molecule is Cc1ccccc1N(c1cnccn1)c1cc(N(c2cnccn2)c2ccccc2C)c2ccc3c(N(c4cnccn4)c4cnccc4C)cc(N(c4cnccn4)c4ccccc4C)c4ccc1c2c43. The Balaban J connectivity index is 1.31. The van der Waals surface area contributed by atoms with E-state index in [4.69, 9.17) is 19.9 Å². The Kier molecular flexibility index (Phi) is 11.1. The summed E-state index contributed by atoms with van der Waals surface area (Å²) >= 11 is 0. The van der Waals surface area contributed by atoms with E-state index >= 15 is 0 Å². The molecule has 0 bridgehead atoms. The van der Waals surface area contributed by atoms with E-state index in [0.717, 1.165) is 100 Å². The summed E-state index contributed by atoms with van der Waals surface area (Å²) in [6.45, 7) is 8.47. The molecule has 5 heterocycles. The van der Waals surface area contributed by atoms with Crippen molar-refractivity contribution in [3.63, 3.8) is 0 Å². The van der Waals surface area contributed by atoms with E-state index in [-0.39, 0.29) is 0 Å². The molecule has 13 heteroatoms. The summed E-state index contributed by atoms with van der Waals surface area (Å²) in [5.41, 5.74) is 11.4. The van der Waals surface area contributed by atoms with Crippen molar-refractivity contribution in [3.8, 4) is 0 Å². The van der Waals surface area contributed by atoms with Gasteiger partial charge in [0, 0.05) is 88.1 Å². The quantitative estimate of drug-likeness (QED) is 0.108. The number of hydrogen-bond acceptors (Lipinski definition) is 13. The number of para-hydroxylation sites is 3. The van der Waals surface area contributed by atoms with Crippen molar-refractivity contribution in [1.82, 2.24) is 44.9 Å². The molecule has 346 valence electrons. The summed E-state index contributed by atoms with van der Waals surface area (Å²) in [6, 6.07) is 40.6. The van der Waals surface area contributed by atoms with Crippen LogP contribution in [0.25, 0.3) is 32.3 Å². The molecule has 0 atom stereocenters. The molecule has 7 aromatic carbocycles. The molecule has 0 amide bonds. The molecule has 0 radical (unpaired) electrons. The van der Waals surface area contributed by atoms with Crippen LogP contribution in [0.4, 0.5) is 68.8 Å². The summed E-state index contributed by atoms with van der Waals surface area (Å²) < 4.78 is 0. The molecular weight excluding hydrogens is 891 g/mol. The van der Waals surface area contributed by atoms with Crippen LogP contribution in [0.1, 0.15) is 22.3 Å². The molecule has 0 fully saturated rings. The van der Waals surface area contributed by atoms with Gasteiger partial charge in [0.2, 0.25) is 0 Å². The number of anilines is 12. The van der Waals surface area contributed by atoms with Gasteiger partial charge < -0.3 is 0 Å². The van der Waals surface area contributed by atoms with Crippen LogP contribution in [-0.2, 0) is 0 Å². The molecule has 0 saturated carbocycles. The van der Waals surface area contributed by atoms with Crippen LogP contribution in [0.15, 0.2) is 202 Å². The minimum atomic E-state index is 0.625. The van der Waals surface area contributed by atoms with Crippen LogP contribution in [0.2, 0.25) is 0 Å². The van der Waals surface area contributed by atoms with E-state index in [2.05, 4.69) is 181 Å². The second kappa shape index (κ2) is 18.3. The molecule has 12 rings (SSSR count). The summed E-state index contributed by atoms with van der Waals surface area (Å²) in [5, 5.41) is 5.94. The zero-order chi connectivity index (χ0) is 48.7. The van der Waals surface area contributed by atoms with Crippen LogP contribution in [0.3, 0.4) is 0 Å². The number of nitrogens with zero attached hydrogens (tertiary/aromatic N) is 13. The third-order valence-electron chi connectivity index (χ3n) is 13.2. The molecule has 5 aromatic heterocycles. The minimum absolute atomic E-state index is 0.625. The van der Waals surface area contributed by atoms with E-state index in [9.17, 15) is 0 Å². The standard InChI is InChI=1S/C59H45N13/c1-38-11-5-8-14-46(38)69(54-34-61-23-27-65-54)49-31-50(70(55-35-62-24-28-66-55)47-15-9-6-12-39(47)2)43-19-20-45-52(72(57-37-64-26-30-68-57)53-33-60-22-21-41(53)4)32-51(44-18-17-42(49)58(43)59(44)45)71(56-36-63-25-29-67-56)48-16-10-7-13-40(48)3/h5-37H,1-4H3. The summed E-state index contributed by atoms with van der Waals surface area (Å²) in [7, 11) is 0. The maximum absolute atomic E-state index is 4.99. The minimum Gasteiger partial charge on any atom is -0.293 e. The maximum atomic E-state index is 4.99. The Morgan fingerprint density at radius 1 is 0.264 bits per heavy atom. The molecule has 0 aliphatic heterocycles. The monoisotopic (exact) mass is 935 g/mol. The fourth-order valence-electron chi connectivity index (χ4n) is 9.93. The highest BCUT2D eigenvalue weighted by Crippen LogP contribution is 2.55. The third-order valence-corrected chi connectivity index (χ3v) is 13.2. The topological polar surface area (TPSA) is 129 Å². The normalized spacial score (nSPS) is 11.3. The fraction of sp³-hybridized carbons (Fsp3) is 0.0678. The molecule has 72 heavy (non-hydrogen) atoms. The second-order valence-electron chi connectivity index (χ2n) is 17.5. The van der Waals surface area contributed by atoms with Crippen molar-refractivity contribution in [3.05, 3.63) is 224 Å². The molecule has 12 aromatic rings. The van der Waals surface area contributed by atoms with Crippen molar-refractivity contribution >= 4 is 101 Å². The molecule has 0 aliphatic carbocycles. The van der Waals surface area contributed by atoms with Gasteiger partial charge in [-0.05, 0) is 86.3 Å². The van der Waals surface area contributed by atoms with Crippen LogP contribution in [0, 0.1) is 27.7 Å². The fourth-order valence-corrected chi connectivity index (χ4v) is 9.93. The van der Waals surface area contributed by atoms with Crippen molar-refractivity contribution in [2.45, 2.75) is 27.7 Å². The van der Waals surface area contributed by atoms with E-state index in [1.54, 1.807) is 55.8 Å². The van der Waals surface area contributed by atoms with Crippen molar-refractivity contribution in [2.24, 2.45) is 0 Å². The maximum Gasteiger partial charge on any atom is 0.156 e. The number of hydrogen-bond donors (Lipinski definition) is 0. The van der Waals surface area contributed by atoms with Gasteiger partial charge in [0.25, 0.3) is 0 Å². The lowest BCUT2D eigenvalue weighted by Gasteiger charge is -2.34. The van der Waals surface area contributed by atoms with E-state index < -0.39 is 0 Å². The second-order valence-corrected chi connectivity index (χ2v) is 17.5. The summed E-state index contributed by atoms with van der Waals surface area (Å²) in [4.78, 5) is 52.0. The summed E-state index contributed by atoms with van der Waals surface area (Å²) in [6.07, 6.45) is 24.7. The smallest absolute Gasteiger partial charge is 0.156 e. The van der Waals surface area contributed by atoms with Crippen LogP contribution in [-0.4, -0.2) is 44.9 Å². The average molecular weight is 936 g/mol. The van der Waals surface area contributed by atoms with Gasteiger partial charge in [-0.2, -0.15) is 0 Å². The molecule has 0 aliphatic rings. The molecular formula is C59H45N13. The zero-order valence-electron chi connectivity index (χ0n) is 39.9. The van der Waals surface area contributed by atoms with Crippen molar-refractivity contribution in [2.75, 3.05) is 19.6 Å². The van der Waals surface area contributed by atoms with Gasteiger partial charge in [-0.15, -0.1) is 0 Å². The molecule has 0 N–H and O–H groups in total. The highest BCUT2D eigenvalue weighted by Gasteiger charge is 2.31. The molecule has 0 saturated heterocycles. The molecule has 0 unspecified atom stereocenters. The first-order valence-electron chi connectivity index (χ1n) is 23.5. The number of rotatable bonds is 12. The lowest BCUT2D eigenvalue weighted by Crippen LogP contribution is -2.18. The highest BCUT2D eigenvalue weighted by atomic mass is 15.2. The Morgan fingerprint density at radius 2 is 0.556 bits per heavy atom. The van der Waals surface area contributed by atoms with Gasteiger partial charge in [0.15, 0.2) is 23.3 Å². The molecule has 13 nitrogen and oxygen atoms in total. The predicted molar refractivity (Wildman–Crippen MR) is 288 cm³/mol. The number of pyridine rings is 1.